The number of ether oxygens (including phenoxy) is 3. The zero-order valence-electron chi connectivity index (χ0n) is 16.2. The van der Waals surface area contributed by atoms with Crippen LogP contribution in [0.4, 0.5) is 13.2 Å². The van der Waals surface area contributed by atoms with Crippen LogP contribution in [-0.2, 0) is 19.0 Å². The van der Waals surface area contributed by atoms with Gasteiger partial charge in [-0.3, -0.25) is 5.32 Å². The van der Waals surface area contributed by atoms with Crippen LogP contribution in [0.1, 0.15) is 65.2 Å². The quantitative estimate of drug-likeness (QED) is 0.498. The van der Waals surface area contributed by atoms with Crippen LogP contribution in [0, 0.1) is 5.92 Å². The van der Waals surface area contributed by atoms with Crippen molar-refractivity contribution in [1.29, 1.82) is 0 Å². The molecule has 0 aromatic carbocycles. The Kier molecular flexibility index (Phi) is 8.82. The molecule has 0 aromatic heterocycles. The van der Waals surface area contributed by atoms with Gasteiger partial charge in [-0.25, -0.2) is 4.79 Å². The Morgan fingerprint density at radius 1 is 1.11 bits per heavy atom. The molecule has 0 amide bonds. The summed E-state index contributed by atoms with van der Waals surface area (Å²) in [6.07, 6.45) is 0.405. The molecule has 0 bridgehead atoms. The molecule has 0 radical (unpaired) electrons. The van der Waals surface area contributed by atoms with Gasteiger partial charge in [0.05, 0.1) is 24.7 Å². The highest BCUT2D eigenvalue weighted by molar-refractivity contribution is 5.74. The van der Waals surface area contributed by atoms with E-state index in [4.69, 9.17) is 14.2 Å². The molecule has 2 aliphatic rings. The summed E-state index contributed by atoms with van der Waals surface area (Å²) in [5.74, 6) is -1.60. The first-order chi connectivity index (χ1) is 12.8. The van der Waals surface area contributed by atoms with Crippen LogP contribution in [0.5, 0.6) is 0 Å². The van der Waals surface area contributed by atoms with Crippen molar-refractivity contribution < 1.29 is 32.2 Å². The number of piperidine rings is 1. The molecular weight excluding hydrogens is 363 g/mol. The number of halogens is 3. The van der Waals surface area contributed by atoms with Crippen molar-refractivity contribution in [3.05, 3.63) is 0 Å². The average molecular weight is 395 g/mol. The lowest BCUT2D eigenvalue weighted by Gasteiger charge is -2.36. The number of unbranched alkanes of at least 4 members (excludes halogenated alkanes) is 1. The van der Waals surface area contributed by atoms with Gasteiger partial charge in [0.1, 0.15) is 6.23 Å². The number of esters is 1. The SMILES string of the molecule is CCCCOC(=O)C(C)OC1CCC(OC2CCC(C(F)(F)F)CN2)CC1. The van der Waals surface area contributed by atoms with Crippen LogP contribution >= 0.6 is 0 Å². The van der Waals surface area contributed by atoms with Crippen LogP contribution in [0.25, 0.3) is 0 Å². The lowest BCUT2D eigenvalue weighted by molar-refractivity contribution is -0.189. The number of hydrogen-bond acceptors (Lipinski definition) is 5. The molecule has 1 saturated carbocycles. The molecule has 27 heavy (non-hydrogen) atoms. The van der Waals surface area contributed by atoms with Gasteiger partial charge >= 0.3 is 12.1 Å². The predicted molar refractivity (Wildman–Crippen MR) is 94.1 cm³/mol. The highest BCUT2D eigenvalue weighted by Crippen LogP contribution is 2.33. The van der Waals surface area contributed by atoms with E-state index < -0.39 is 18.2 Å². The summed E-state index contributed by atoms with van der Waals surface area (Å²) in [5.41, 5.74) is 0. The van der Waals surface area contributed by atoms with Gasteiger partial charge in [0.25, 0.3) is 0 Å². The van der Waals surface area contributed by atoms with Crippen LogP contribution in [0.3, 0.4) is 0 Å². The number of nitrogens with one attached hydrogen (secondary N) is 1. The van der Waals surface area contributed by atoms with Crippen molar-refractivity contribution >= 4 is 5.97 Å². The number of hydrogen-bond donors (Lipinski definition) is 1. The topological polar surface area (TPSA) is 56.8 Å². The molecule has 1 aliphatic heterocycles. The number of alkyl halides is 3. The first-order valence-corrected chi connectivity index (χ1v) is 10.1. The van der Waals surface area contributed by atoms with Crippen LogP contribution in [-0.4, -0.2) is 49.8 Å². The third-order valence-electron chi connectivity index (χ3n) is 5.28. The standard InChI is InChI=1S/C19H32F3NO4/c1-3-4-11-25-18(24)13(2)26-15-6-8-16(9-7-15)27-17-10-5-14(12-23-17)19(20,21)22/h13-17,23H,3-12H2,1-2H3. The van der Waals surface area contributed by atoms with Crippen LogP contribution in [0.15, 0.2) is 0 Å². The molecule has 1 N–H and O–H groups in total. The molecule has 2 rings (SSSR count). The Balaban J connectivity index is 1.62. The van der Waals surface area contributed by atoms with E-state index in [2.05, 4.69) is 5.32 Å². The summed E-state index contributed by atoms with van der Waals surface area (Å²) in [6, 6.07) is 0. The first-order valence-electron chi connectivity index (χ1n) is 10.1. The Labute approximate surface area is 159 Å². The van der Waals surface area contributed by atoms with E-state index in [1.165, 1.54) is 0 Å². The fraction of sp³-hybridized carbons (Fsp3) is 0.947. The van der Waals surface area contributed by atoms with Gasteiger partial charge in [-0.2, -0.15) is 13.2 Å². The van der Waals surface area contributed by atoms with Gasteiger partial charge < -0.3 is 14.2 Å². The normalized spacial score (nSPS) is 30.7. The first kappa shape index (κ1) is 22.4. The van der Waals surface area contributed by atoms with Gasteiger partial charge in [-0.1, -0.05) is 13.3 Å². The molecule has 8 heteroatoms. The number of carbonyl (C=O) groups is 1. The van der Waals surface area contributed by atoms with Gasteiger partial charge in [0, 0.05) is 6.54 Å². The van der Waals surface area contributed by atoms with Crippen LogP contribution < -0.4 is 5.32 Å². The molecule has 158 valence electrons. The molecular formula is C19H32F3NO4. The Morgan fingerprint density at radius 2 is 1.78 bits per heavy atom. The third-order valence-corrected chi connectivity index (χ3v) is 5.28. The molecule has 3 atom stereocenters. The van der Waals surface area contributed by atoms with Gasteiger partial charge in [0.2, 0.25) is 0 Å². The molecule has 1 saturated heterocycles. The fourth-order valence-corrected chi connectivity index (χ4v) is 3.54. The van der Waals surface area contributed by atoms with Crippen molar-refractivity contribution in [2.24, 2.45) is 5.92 Å². The van der Waals surface area contributed by atoms with Crippen molar-refractivity contribution in [2.45, 2.75) is 95.9 Å². The Morgan fingerprint density at radius 3 is 2.33 bits per heavy atom. The average Bonchev–Trinajstić information content (AvgIpc) is 2.63. The lowest BCUT2D eigenvalue weighted by Crippen LogP contribution is -2.47. The zero-order chi connectivity index (χ0) is 19.9. The van der Waals surface area contributed by atoms with Crippen molar-refractivity contribution in [2.75, 3.05) is 13.2 Å². The largest absolute Gasteiger partial charge is 0.464 e. The summed E-state index contributed by atoms with van der Waals surface area (Å²) in [7, 11) is 0. The molecule has 3 unspecified atom stereocenters. The summed E-state index contributed by atoms with van der Waals surface area (Å²) in [5, 5.41) is 2.87. The zero-order valence-corrected chi connectivity index (χ0v) is 16.2. The summed E-state index contributed by atoms with van der Waals surface area (Å²) >= 11 is 0. The molecule has 2 fully saturated rings. The van der Waals surface area contributed by atoms with E-state index in [0.29, 0.717) is 13.0 Å². The maximum atomic E-state index is 12.7. The van der Waals surface area contributed by atoms with Gasteiger partial charge in [-0.05, 0) is 51.9 Å². The van der Waals surface area contributed by atoms with E-state index in [9.17, 15) is 18.0 Å². The van der Waals surface area contributed by atoms with Gasteiger partial charge in [-0.15, -0.1) is 0 Å². The minimum absolute atomic E-state index is 0.00694. The minimum atomic E-state index is -4.14. The van der Waals surface area contributed by atoms with Crippen molar-refractivity contribution in [3.8, 4) is 0 Å². The van der Waals surface area contributed by atoms with E-state index in [1.54, 1.807) is 6.92 Å². The molecule has 5 nitrogen and oxygen atoms in total. The second-order valence-electron chi connectivity index (χ2n) is 7.55. The van der Waals surface area contributed by atoms with Crippen molar-refractivity contribution in [1.82, 2.24) is 5.32 Å². The minimum Gasteiger partial charge on any atom is -0.464 e. The summed E-state index contributed by atoms with van der Waals surface area (Å²) < 4.78 is 55.0. The maximum Gasteiger partial charge on any atom is 0.393 e. The smallest absolute Gasteiger partial charge is 0.393 e. The molecule has 0 aromatic rings. The predicted octanol–water partition coefficient (Wildman–Crippen LogP) is 3.95. The van der Waals surface area contributed by atoms with Crippen molar-refractivity contribution in [3.63, 3.8) is 0 Å². The highest BCUT2D eigenvalue weighted by atomic mass is 19.4. The van der Waals surface area contributed by atoms with E-state index in [-0.39, 0.29) is 37.4 Å². The second-order valence-corrected chi connectivity index (χ2v) is 7.55. The maximum absolute atomic E-state index is 12.7. The summed E-state index contributed by atoms with van der Waals surface area (Å²) in [4.78, 5) is 11.9. The molecule has 0 spiro atoms. The highest BCUT2D eigenvalue weighted by Gasteiger charge is 2.42. The van der Waals surface area contributed by atoms with E-state index in [1.807, 2.05) is 6.92 Å². The molecule has 1 aliphatic carbocycles. The second kappa shape index (κ2) is 10.6. The number of rotatable bonds is 8. The monoisotopic (exact) mass is 395 g/mol. The van der Waals surface area contributed by atoms with Gasteiger partial charge in [0.15, 0.2) is 6.10 Å². The Hall–Kier alpha value is -0.860. The van der Waals surface area contributed by atoms with E-state index >= 15 is 0 Å². The summed E-state index contributed by atoms with van der Waals surface area (Å²) in [6.45, 7) is 4.09. The third kappa shape index (κ3) is 7.58. The molecule has 1 heterocycles. The van der Waals surface area contributed by atoms with Crippen LogP contribution in [0.2, 0.25) is 0 Å². The number of carbonyl (C=O) groups excluding carboxylic acids is 1. The Bertz CT molecular complexity index is 445. The van der Waals surface area contributed by atoms with E-state index in [0.717, 1.165) is 38.5 Å². The fourth-order valence-electron chi connectivity index (χ4n) is 3.54. The lowest BCUT2D eigenvalue weighted by atomic mass is 9.94.